The van der Waals surface area contributed by atoms with E-state index < -0.39 is 0 Å². The Kier molecular flexibility index (Phi) is 6.90. The maximum atomic E-state index is 12.3. The molecular formula is C21H32N6OS. The van der Waals surface area contributed by atoms with Gasteiger partial charge in [0.1, 0.15) is 5.82 Å². The molecule has 29 heavy (non-hydrogen) atoms. The monoisotopic (exact) mass is 416 g/mol. The Morgan fingerprint density at radius 2 is 1.97 bits per heavy atom. The van der Waals surface area contributed by atoms with Crippen LogP contribution in [0, 0.1) is 5.92 Å². The number of rotatable bonds is 8. The molecule has 1 amide bonds. The molecule has 0 radical (unpaired) electrons. The number of aromatic nitrogens is 4. The molecule has 1 saturated heterocycles. The summed E-state index contributed by atoms with van der Waals surface area (Å²) in [5.41, 5.74) is 0.874. The fourth-order valence-corrected chi connectivity index (χ4v) is 5.04. The molecule has 1 N–H and O–H groups in total. The molecule has 0 spiro atoms. The zero-order valence-electron chi connectivity index (χ0n) is 17.4. The predicted octanol–water partition coefficient (Wildman–Crippen LogP) is 3.63. The molecule has 1 aliphatic carbocycles. The minimum atomic E-state index is 0.169. The van der Waals surface area contributed by atoms with Crippen molar-refractivity contribution in [3.8, 4) is 0 Å². The van der Waals surface area contributed by atoms with Crippen LogP contribution in [0.15, 0.2) is 11.4 Å². The molecule has 3 heterocycles. The highest BCUT2D eigenvalue weighted by molar-refractivity contribution is 7.99. The summed E-state index contributed by atoms with van der Waals surface area (Å²) in [4.78, 5) is 24.2. The molecular weight excluding hydrogens is 384 g/mol. The van der Waals surface area contributed by atoms with Crippen LogP contribution in [-0.2, 0) is 11.3 Å². The summed E-state index contributed by atoms with van der Waals surface area (Å²) in [6, 6.07) is 0. The van der Waals surface area contributed by atoms with Crippen molar-refractivity contribution < 1.29 is 4.79 Å². The Bertz CT molecular complexity index is 826. The molecule has 0 aromatic carbocycles. The Morgan fingerprint density at radius 3 is 2.72 bits per heavy atom. The van der Waals surface area contributed by atoms with Gasteiger partial charge in [-0.15, -0.1) is 0 Å². The summed E-state index contributed by atoms with van der Waals surface area (Å²) in [5.74, 6) is 2.69. The van der Waals surface area contributed by atoms with E-state index in [-0.39, 0.29) is 5.91 Å². The molecule has 1 saturated carbocycles. The number of thioether (sulfide) groups is 1. The van der Waals surface area contributed by atoms with E-state index in [2.05, 4.69) is 22.2 Å². The number of amides is 1. The normalized spacial score (nSPS) is 17.9. The van der Waals surface area contributed by atoms with Gasteiger partial charge in [-0.2, -0.15) is 5.10 Å². The quantitative estimate of drug-likeness (QED) is 0.523. The van der Waals surface area contributed by atoms with Gasteiger partial charge in [0.2, 0.25) is 5.91 Å². The molecule has 2 fully saturated rings. The number of carbonyl (C=O) groups excluding carboxylic acids is 1. The van der Waals surface area contributed by atoms with E-state index in [0.29, 0.717) is 25.4 Å². The highest BCUT2D eigenvalue weighted by Gasteiger charge is 2.21. The van der Waals surface area contributed by atoms with Crippen LogP contribution in [0.25, 0.3) is 11.0 Å². The molecule has 2 aromatic rings. The molecule has 158 valence electrons. The lowest BCUT2D eigenvalue weighted by Gasteiger charge is -2.20. The number of anilines is 1. The van der Waals surface area contributed by atoms with E-state index in [1.165, 1.54) is 44.9 Å². The standard InChI is InChI=1S/C21H32N6OS/c1-2-29-21-24-19(26-11-6-7-12-26)17-15-23-27(20(17)25-21)13-10-22-18(28)14-16-8-4-3-5-9-16/h15-16H,2-14H2,1H3,(H,22,28). The largest absolute Gasteiger partial charge is 0.356 e. The third-order valence-electron chi connectivity index (χ3n) is 5.98. The molecule has 2 aromatic heterocycles. The lowest BCUT2D eigenvalue weighted by atomic mass is 9.87. The molecule has 2 aliphatic rings. The van der Waals surface area contributed by atoms with Crippen molar-refractivity contribution in [1.82, 2.24) is 25.1 Å². The summed E-state index contributed by atoms with van der Waals surface area (Å²) in [6.07, 6.45) is 11.2. The van der Waals surface area contributed by atoms with Crippen LogP contribution in [-0.4, -0.2) is 51.0 Å². The van der Waals surface area contributed by atoms with Gasteiger partial charge in [-0.25, -0.2) is 14.6 Å². The van der Waals surface area contributed by atoms with Crippen molar-refractivity contribution >= 4 is 34.5 Å². The fraction of sp³-hybridized carbons (Fsp3) is 0.714. The first-order valence-electron chi connectivity index (χ1n) is 11.1. The maximum absolute atomic E-state index is 12.3. The van der Waals surface area contributed by atoms with Gasteiger partial charge in [0.25, 0.3) is 0 Å². The average Bonchev–Trinajstić information content (AvgIpc) is 3.39. The van der Waals surface area contributed by atoms with Crippen molar-refractivity contribution in [2.75, 3.05) is 30.3 Å². The minimum absolute atomic E-state index is 0.169. The van der Waals surface area contributed by atoms with Crippen LogP contribution in [0.1, 0.15) is 58.3 Å². The predicted molar refractivity (Wildman–Crippen MR) is 117 cm³/mol. The second kappa shape index (κ2) is 9.78. The summed E-state index contributed by atoms with van der Waals surface area (Å²) < 4.78 is 1.91. The van der Waals surface area contributed by atoms with E-state index in [0.717, 1.165) is 40.9 Å². The van der Waals surface area contributed by atoms with Gasteiger partial charge in [0.05, 0.1) is 18.1 Å². The van der Waals surface area contributed by atoms with Crippen molar-refractivity contribution in [1.29, 1.82) is 0 Å². The highest BCUT2D eigenvalue weighted by Crippen LogP contribution is 2.29. The van der Waals surface area contributed by atoms with Crippen LogP contribution >= 0.6 is 11.8 Å². The minimum Gasteiger partial charge on any atom is -0.356 e. The van der Waals surface area contributed by atoms with Crippen LogP contribution in [0.4, 0.5) is 5.82 Å². The van der Waals surface area contributed by atoms with E-state index in [4.69, 9.17) is 9.97 Å². The van der Waals surface area contributed by atoms with Crippen LogP contribution in [0.5, 0.6) is 0 Å². The number of hydrogen-bond acceptors (Lipinski definition) is 6. The Balaban J connectivity index is 1.42. The van der Waals surface area contributed by atoms with E-state index in [9.17, 15) is 4.79 Å². The van der Waals surface area contributed by atoms with Crippen molar-refractivity contribution in [2.24, 2.45) is 5.92 Å². The zero-order chi connectivity index (χ0) is 20.1. The highest BCUT2D eigenvalue weighted by atomic mass is 32.2. The van der Waals surface area contributed by atoms with E-state index >= 15 is 0 Å². The number of carbonyl (C=O) groups is 1. The zero-order valence-corrected chi connectivity index (χ0v) is 18.2. The molecule has 7 nitrogen and oxygen atoms in total. The number of nitrogens with one attached hydrogen (secondary N) is 1. The summed E-state index contributed by atoms with van der Waals surface area (Å²) in [7, 11) is 0. The van der Waals surface area contributed by atoms with E-state index in [1.54, 1.807) is 11.8 Å². The topological polar surface area (TPSA) is 75.9 Å². The smallest absolute Gasteiger partial charge is 0.220 e. The Morgan fingerprint density at radius 1 is 1.17 bits per heavy atom. The second-order valence-electron chi connectivity index (χ2n) is 8.12. The number of hydrogen-bond donors (Lipinski definition) is 1. The Hall–Kier alpha value is -1.83. The summed E-state index contributed by atoms with van der Waals surface area (Å²) in [6.45, 7) is 5.43. The first-order chi connectivity index (χ1) is 14.2. The third-order valence-corrected chi connectivity index (χ3v) is 6.71. The van der Waals surface area contributed by atoms with Crippen LogP contribution in [0.2, 0.25) is 0 Å². The summed E-state index contributed by atoms with van der Waals surface area (Å²) >= 11 is 1.66. The molecule has 0 bridgehead atoms. The lowest BCUT2D eigenvalue weighted by Crippen LogP contribution is -2.29. The average molecular weight is 417 g/mol. The van der Waals surface area contributed by atoms with Gasteiger partial charge < -0.3 is 10.2 Å². The number of nitrogens with zero attached hydrogens (tertiary/aromatic N) is 5. The van der Waals surface area contributed by atoms with Gasteiger partial charge in [0, 0.05) is 26.1 Å². The van der Waals surface area contributed by atoms with Gasteiger partial charge in [-0.1, -0.05) is 37.9 Å². The molecule has 4 rings (SSSR count). The van der Waals surface area contributed by atoms with Crippen LogP contribution in [0.3, 0.4) is 0 Å². The first kappa shape index (κ1) is 20.4. The van der Waals surface area contributed by atoms with Gasteiger partial charge in [-0.05, 0) is 37.4 Å². The Labute approximate surface area is 177 Å². The fourth-order valence-electron chi connectivity index (χ4n) is 4.48. The van der Waals surface area contributed by atoms with Gasteiger partial charge in [-0.3, -0.25) is 4.79 Å². The second-order valence-corrected chi connectivity index (χ2v) is 9.35. The van der Waals surface area contributed by atoms with E-state index in [1.807, 2.05) is 10.9 Å². The lowest BCUT2D eigenvalue weighted by molar-refractivity contribution is -0.122. The third kappa shape index (κ3) is 5.02. The molecule has 0 unspecified atom stereocenters. The SMILES string of the molecule is CCSc1nc(N2CCCC2)c2cnn(CCNC(=O)CC3CCCCC3)c2n1. The van der Waals surface area contributed by atoms with Gasteiger partial charge >= 0.3 is 0 Å². The molecule has 0 atom stereocenters. The van der Waals surface area contributed by atoms with Crippen LogP contribution < -0.4 is 10.2 Å². The summed E-state index contributed by atoms with van der Waals surface area (Å²) in [5, 5.41) is 9.48. The van der Waals surface area contributed by atoms with Crippen molar-refractivity contribution in [3.05, 3.63) is 6.20 Å². The molecule has 8 heteroatoms. The number of fused-ring (bicyclic) bond motifs is 1. The molecule has 1 aliphatic heterocycles. The van der Waals surface area contributed by atoms with Crippen molar-refractivity contribution in [2.45, 2.75) is 70.0 Å². The van der Waals surface area contributed by atoms with Gasteiger partial charge in [0.15, 0.2) is 10.8 Å². The first-order valence-corrected chi connectivity index (χ1v) is 12.1. The van der Waals surface area contributed by atoms with Crippen molar-refractivity contribution in [3.63, 3.8) is 0 Å². The maximum Gasteiger partial charge on any atom is 0.220 e.